The van der Waals surface area contributed by atoms with Gasteiger partial charge in [0.2, 0.25) is 0 Å². The van der Waals surface area contributed by atoms with E-state index in [0.29, 0.717) is 28.6 Å². The first-order valence-electron chi connectivity index (χ1n) is 9.90. The molecule has 0 aliphatic rings. The van der Waals surface area contributed by atoms with Crippen molar-refractivity contribution in [3.63, 3.8) is 0 Å². The second kappa shape index (κ2) is 10.2. The zero-order valence-electron chi connectivity index (χ0n) is 17.1. The lowest BCUT2D eigenvalue weighted by Crippen LogP contribution is -2.21. The highest BCUT2D eigenvalue weighted by Gasteiger charge is 2.12. The third kappa shape index (κ3) is 5.67. The number of carbonyl (C=O) groups is 2. The van der Waals surface area contributed by atoms with E-state index in [2.05, 4.69) is 29.5 Å². The lowest BCUT2D eigenvalue weighted by molar-refractivity contribution is -0.118. The number of aromatic nitrogens is 1. The van der Waals surface area contributed by atoms with Gasteiger partial charge in [-0.25, -0.2) is 0 Å². The molecule has 154 valence electrons. The van der Waals surface area contributed by atoms with Crippen LogP contribution in [0.3, 0.4) is 0 Å². The van der Waals surface area contributed by atoms with Gasteiger partial charge in [-0.05, 0) is 54.3 Å². The zero-order chi connectivity index (χ0) is 21.3. The van der Waals surface area contributed by atoms with Gasteiger partial charge < -0.3 is 15.4 Å². The molecule has 2 N–H and O–H groups in total. The SMILES string of the molecule is CCC(C)c1ccccc1OCC(=O)Nc1cccc(C(=O)Nc2ccncc2)c1. The summed E-state index contributed by atoms with van der Waals surface area (Å²) in [7, 11) is 0. The van der Waals surface area contributed by atoms with E-state index in [1.165, 1.54) is 0 Å². The molecule has 0 bridgehead atoms. The Kier molecular flexibility index (Phi) is 7.16. The van der Waals surface area contributed by atoms with Gasteiger partial charge in [0.05, 0.1) is 0 Å². The fourth-order valence-electron chi connectivity index (χ4n) is 2.96. The Labute approximate surface area is 176 Å². The summed E-state index contributed by atoms with van der Waals surface area (Å²) in [5.41, 5.74) is 2.70. The van der Waals surface area contributed by atoms with Gasteiger partial charge >= 0.3 is 0 Å². The third-order valence-corrected chi connectivity index (χ3v) is 4.77. The van der Waals surface area contributed by atoms with Gasteiger partial charge in [-0.2, -0.15) is 0 Å². The van der Waals surface area contributed by atoms with Crippen LogP contribution in [-0.4, -0.2) is 23.4 Å². The van der Waals surface area contributed by atoms with Gasteiger partial charge in [0, 0.05) is 29.3 Å². The minimum atomic E-state index is -0.291. The number of carbonyl (C=O) groups excluding carboxylic acids is 2. The van der Waals surface area contributed by atoms with Gasteiger partial charge in [0.25, 0.3) is 11.8 Å². The van der Waals surface area contributed by atoms with E-state index in [1.807, 2.05) is 24.3 Å². The molecular weight excluding hydrogens is 378 g/mol. The quantitative estimate of drug-likeness (QED) is 0.563. The normalized spacial score (nSPS) is 11.4. The summed E-state index contributed by atoms with van der Waals surface area (Å²) < 4.78 is 5.75. The summed E-state index contributed by atoms with van der Waals surface area (Å²) >= 11 is 0. The fourth-order valence-corrected chi connectivity index (χ4v) is 2.96. The van der Waals surface area contributed by atoms with Gasteiger partial charge in [0.15, 0.2) is 6.61 Å². The summed E-state index contributed by atoms with van der Waals surface area (Å²) in [5, 5.41) is 5.57. The molecule has 1 atom stereocenters. The highest BCUT2D eigenvalue weighted by molar-refractivity contribution is 6.05. The van der Waals surface area contributed by atoms with Crippen molar-refractivity contribution in [2.45, 2.75) is 26.2 Å². The van der Waals surface area contributed by atoms with Crippen molar-refractivity contribution < 1.29 is 14.3 Å². The summed E-state index contributed by atoms with van der Waals surface area (Å²) in [4.78, 5) is 28.7. The van der Waals surface area contributed by atoms with Gasteiger partial charge in [0.1, 0.15) is 5.75 Å². The standard InChI is InChI=1S/C24H25N3O3/c1-3-17(2)21-9-4-5-10-22(21)30-16-23(28)26-20-8-6-7-18(15-20)24(29)27-19-11-13-25-14-12-19/h4-15,17H,3,16H2,1-2H3,(H,26,28)(H,25,27,29). The van der Waals surface area contributed by atoms with Crippen LogP contribution in [0.2, 0.25) is 0 Å². The Morgan fingerprint density at radius 2 is 1.73 bits per heavy atom. The third-order valence-electron chi connectivity index (χ3n) is 4.77. The van der Waals surface area contributed by atoms with Crippen LogP contribution in [0.25, 0.3) is 0 Å². The summed E-state index contributed by atoms with van der Waals surface area (Å²) in [5.74, 6) is 0.504. The number of hydrogen-bond donors (Lipinski definition) is 2. The first-order chi connectivity index (χ1) is 14.6. The number of nitrogens with zero attached hydrogens (tertiary/aromatic N) is 1. The summed E-state index contributed by atoms with van der Waals surface area (Å²) in [6, 6.07) is 17.9. The first-order valence-corrected chi connectivity index (χ1v) is 9.90. The average molecular weight is 403 g/mol. The Morgan fingerprint density at radius 3 is 2.50 bits per heavy atom. The van der Waals surface area contributed by atoms with Crippen LogP contribution in [0, 0.1) is 0 Å². The van der Waals surface area contributed by atoms with Crippen molar-refractivity contribution in [1.29, 1.82) is 0 Å². The topological polar surface area (TPSA) is 80.3 Å². The average Bonchev–Trinajstić information content (AvgIpc) is 2.78. The van der Waals surface area contributed by atoms with Crippen LogP contribution in [0.5, 0.6) is 5.75 Å². The van der Waals surface area contributed by atoms with Crippen LogP contribution in [-0.2, 0) is 4.79 Å². The molecule has 2 amide bonds. The van der Waals surface area contributed by atoms with Crippen molar-refractivity contribution in [3.05, 3.63) is 84.2 Å². The molecule has 0 saturated carbocycles. The number of rotatable bonds is 8. The molecule has 0 aliphatic carbocycles. The van der Waals surface area contributed by atoms with E-state index < -0.39 is 0 Å². The van der Waals surface area contributed by atoms with Crippen molar-refractivity contribution in [2.75, 3.05) is 17.2 Å². The lowest BCUT2D eigenvalue weighted by Gasteiger charge is -2.15. The molecule has 6 heteroatoms. The van der Waals surface area contributed by atoms with E-state index in [9.17, 15) is 9.59 Å². The largest absolute Gasteiger partial charge is 0.483 e. The summed E-state index contributed by atoms with van der Waals surface area (Å²) in [6.07, 6.45) is 4.19. The van der Waals surface area contributed by atoms with Crippen LogP contribution in [0.15, 0.2) is 73.1 Å². The van der Waals surface area contributed by atoms with Crippen molar-refractivity contribution in [1.82, 2.24) is 4.98 Å². The minimum absolute atomic E-state index is 0.110. The van der Waals surface area contributed by atoms with E-state index in [0.717, 1.165) is 12.0 Å². The molecular formula is C24H25N3O3. The Balaban J connectivity index is 1.60. The molecule has 0 fully saturated rings. The predicted octanol–water partition coefficient (Wildman–Crippen LogP) is 4.86. The molecule has 1 heterocycles. The molecule has 1 aromatic heterocycles. The van der Waals surface area contributed by atoms with Crippen LogP contribution >= 0.6 is 0 Å². The van der Waals surface area contributed by atoms with E-state index in [-0.39, 0.29) is 18.4 Å². The maximum Gasteiger partial charge on any atom is 0.262 e. The van der Waals surface area contributed by atoms with Crippen LogP contribution < -0.4 is 15.4 Å². The molecule has 0 saturated heterocycles. The van der Waals surface area contributed by atoms with Gasteiger partial charge in [-0.3, -0.25) is 14.6 Å². The fraction of sp³-hybridized carbons (Fsp3) is 0.208. The molecule has 0 radical (unpaired) electrons. The molecule has 3 aromatic rings. The monoisotopic (exact) mass is 403 g/mol. The Bertz CT molecular complexity index is 1010. The van der Waals surface area contributed by atoms with E-state index in [4.69, 9.17) is 4.74 Å². The molecule has 0 aliphatic heterocycles. The molecule has 30 heavy (non-hydrogen) atoms. The maximum atomic E-state index is 12.4. The highest BCUT2D eigenvalue weighted by Crippen LogP contribution is 2.28. The second-order valence-electron chi connectivity index (χ2n) is 6.95. The smallest absolute Gasteiger partial charge is 0.262 e. The first kappa shape index (κ1) is 21.0. The minimum Gasteiger partial charge on any atom is -0.483 e. The number of hydrogen-bond acceptors (Lipinski definition) is 4. The molecule has 0 spiro atoms. The number of ether oxygens (including phenoxy) is 1. The Hall–Kier alpha value is -3.67. The van der Waals surface area contributed by atoms with Gasteiger partial charge in [-0.1, -0.05) is 38.1 Å². The zero-order valence-corrected chi connectivity index (χ0v) is 17.1. The van der Waals surface area contributed by atoms with Crippen molar-refractivity contribution in [2.24, 2.45) is 0 Å². The molecule has 1 unspecified atom stereocenters. The number of anilines is 2. The summed E-state index contributed by atoms with van der Waals surface area (Å²) in [6.45, 7) is 4.14. The van der Waals surface area contributed by atoms with Crippen LogP contribution in [0.1, 0.15) is 42.1 Å². The number of pyridine rings is 1. The van der Waals surface area contributed by atoms with E-state index >= 15 is 0 Å². The molecule has 2 aromatic carbocycles. The lowest BCUT2D eigenvalue weighted by atomic mass is 9.98. The van der Waals surface area contributed by atoms with Gasteiger partial charge in [-0.15, -0.1) is 0 Å². The highest BCUT2D eigenvalue weighted by atomic mass is 16.5. The van der Waals surface area contributed by atoms with Crippen molar-refractivity contribution in [3.8, 4) is 5.75 Å². The number of benzene rings is 2. The number of para-hydroxylation sites is 1. The van der Waals surface area contributed by atoms with Crippen molar-refractivity contribution >= 4 is 23.2 Å². The second-order valence-corrected chi connectivity index (χ2v) is 6.95. The maximum absolute atomic E-state index is 12.4. The Morgan fingerprint density at radius 1 is 0.967 bits per heavy atom. The number of nitrogens with one attached hydrogen (secondary N) is 2. The number of amides is 2. The molecule has 3 rings (SSSR count). The predicted molar refractivity (Wildman–Crippen MR) is 118 cm³/mol. The van der Waals surface area contributed by atoms with E-state index in [1.54, 1.807) is 48.8 Å². The van der Waals surface area contributed by atoms with Crippen LogP contribution in [0.4, 0.5) is 11.4 Å². The molecule has 6 nitrogen and oxygen atoms in total.